The third-order valence-electron chi connectivity index (χ3n) is 3.42. The lowest BCUT2D eigenvalue weighted by atomic mass is 9.99. The van der Waals surface area contributed by atoms with E-state index in [0.717, 1.165) is 32.8 Å². The van der Waals surface area contributed by atoms with Gasteiger partial charge >= 0.3 is 0 Å². The quantitative estimate of drug-likeness (QED) is 0.774. The second kappa shape index (κ2) is 7.00. The molecule has 0 spiro atoms. The van der Waals surface area contributed by atoms with E-state index in [1.165, 1.54) is 12.8 Å². The van der Waals surface area contributed by atoms with Gasteiger partial charge in [-0.1, -0.05) is 50.1 Å². The van der Waals surface area contributed by atoms with Crippen molar-refractivity contribution in [3.63, 3.8) is 0 Å². The van der Waals surface area contributed by atoms with E-state index >= 15 is 0 Å². The molecule has 5 heteroatoms. The fraction of sp³-hybridized carbons (Fsp3) is 0.500. The molecule has 0 aromatic heterocycles. The maximum Gasteiger partial charge on any atom is 0.161 e. The molecule has 0 aliphatic carbocycles. The predicted octanol–water partition coefficient (Wildman–Crippen LogP) is 5.42. The molecule has 2 rings (SSSR count). The fourth-order valence-corrected chi connectivity index (χ4v) is 4.08. The van der Waals surface area contributed by atoms with Gasteiger partial charge in [-0.3, -0.25) is 4.99 Å². The van der Waals surface area contributed by atoms with E-state index in [2.05, 4.69) is 40.1 Å². The summed E-state index contributed by atoms with van der Waals surface area (Å²) >= 11 is 11.4. The van der Waals surface area contributed by atoms with Crippen molar-refractivity contribution in [1.82, 2.24) is 0 Å². The van der Waals surface area contributed by atoms with Gasteiger partial charge in [-0.25, -0.2) is 0 Å². The molecule has 1 unspecified atom stereocenters. The number of hydrogen-bond donors (Lipinski definition) is 1. The third-order valence-corrected chi connectivity index (χ3v) is 5.64. The van der Waals surface area contributed by atoms with E-state index in [1.807, 2.05) is 30.0 Å². The summed E-state index contributed by atoms with van der Waals surface area (Å²) < 4.78 is 1.01. The van der Waals surface area contributed by atoms with E-state index < -0.39 is 0 Å². The second-order valence-corrected chi connectivity index (χ2v) is 7.15. The van der Waals surface area contributed by atoms with Crippen LogP contribution in [0.4, 0.5) is 5.69 Å². The van der Waals surface area contributed by atoms with Gasteiger partial charge in [-0.15, -0.1) is 0 Å². The second-order valence-electron chi connectivity index (χ2n) is 4.63. The number of nitrogens with one attached hydrogen (secondary N) is 1. The zero-order valence-electron chi connectivity index (χ0n) is 11.1. The van der Waals surface area contributed by atoms with E-state index in [1.54, 1.807) is 0 Å². The van der Waals surface area contributed by atoms with E-state index in [0.29, 0.717) is 5.25 Å². The van der Waals surface area contributed by atoms with Gasteiger partial charge in [0.05, 0.1) is 12.2 Å². The molecule has 0 saturated carbocycles. The van der Waals surface area contributed by atoms with Crippen LogP contribution in [-0.4, -0.2) is 17.0 Å². The molecule has 1 aliphatic rings. The summed E-state index contributed by atoms with van der Waals surface area (Å²) in [6.07, 6.45) is 2.44. The summed E-state index contributed by atoms with van der Waals surface area (Å²) in [7, 11) is 0. The first kappa shape index (κ1) is 15.2. The molecule has 1 aromatic carbocycles. The Bertz CT molecular complexity index is 475. The van der Waals surface area contributed by atoms with Crippen LogP contribution in [0.5, 0.6) is 0 Å². The van der Waals surface area contributed by atoms with Gasteiger partial charge < -0.3 is 5.32 Å². The van der Waals surface area contributed by atoms with E-state index in [9.17, 15) is 0 Å². The Morgan fingerprint density at radius 1 is 1.47 bits per heavy atom. The molecule has 104 valence electrons. The smallest absolute Gasteiger partial charge is 0.161 e. The van der Waals surface area contributed by atoms with Gasteiger partial charge in [0.1, 0.15) is 0 Å². The van der Waals surface area contributed by atoms with Crippen molar-refractivity contribution in [2.75, 3.05) is 11.9 Å². The van der Waals surface area contributed by atoms with Crippen LogP contribution in [0, 0.1) is 5.92 Å². The number of hydrogen-bond acceptors (Lipinski definition) is 3. The zero-order chi connectivity index (χ0) is 13.8. The summed E-state index contributed by atoms with van der Waals surface area (Å²) in [5, 5.41) is 5.70. The van der Waals surface area contributed by atoms with Gasteiger partial charge in [0, 0.05) is 14.7 Å². The molecule has 2 nitrogen and oxygen atoms in total. The number of amidine groups is 1. The molecule has 1 heterocycles. The van der Waals surface area contributed by atoms with Crippen LogP contribution in [-0.2, 0) is 0 Å². The summed E-state index contributed by atoms with van der Waals surface area (Å²) in [5.41, 5.74) is 0.976. The van der Waals surface area contributed by atoms with Crippen LogP contribution in [0.15, 0.2) is 27.7 Å². The van der Waals surface area contributed by atoms with Crippen molar-refractivity contribution in [2.45, 2.75) is 31.9 Å². The maximum absolute atomic E-state index is 6.02. The molecule has 0 saturated heterocycles. The lowest BCUT2D eigenvalue weighted by Gasteiger charge is -2.18. The first-order chi connectivity index (χ1) is 9.13. The number of nitrogens with zero attached hydrogens (tertiary/aromatic N) is 1. The van der Waals surface area contributed by atoms with Crippen LogP contribution in [0.2, 0.25) is 5.02 Å². The summed E-state index contributed by atoms with van der Waals surface area (Å²) in [5.74, 6) is 0.746. The Kier molecular flexibility index (Phi) is 5.60. The molecule has 0 bridgehead atoms. The highest BCUT2D eigenvalue weighted by Crippen LogP contribution is 2.33. The van der Waals surface area contributed by atoms with E-state index in [4.69, 9.17) is 11.6 Å². The number of aliphatic imine (C=N–C) groups is 1. The molecule has 1 aromatic rings. The molecule has 1 atom stereocenters. The first-order valence-corrected chi connectivity index (χ1v) is 8.62. The molecule has 1 aliphatic heterocycles. The summed E-state index contributed by atoms with van der Waals surface area (Å²) in [6.45, 7) is 5.43. The van der Waals surface area contributed by atoms with Gasteiger partial charge in [0.2, 0.25) is 0 Å². The van der Waals surface area contributed by atoms with Crippen LogP contribution in [0.25, 0.3) is 0 Å². The number of anilines is 1. The molecule has 0 amide bonds. The Hall–Kier alpha value is -0.190. The lowest BCUT2D eigenvalue weighted by molar-refractivity contribution is 0.479. The monoisotopic (exact) mass is 360 g/mol. The van der Waals surface area contributed by atoms with Gasteiger partial charge in [-0.05, 0) is 40.0 Å². The Labute approximate surface area is 132 Å². The van der Waals surface area contributed by atoms with Crippen molar-refractivity contribution in [1.29, 1.82) is 0 Å². The van der Waals surface area contributed by atoms with Crippen molar-refractivity contribution in [3.8, 4) is 0 Å². The number of thioether (sulfide) groups is 1. The fourth-order valence-electron chi connectivity index (χ4n) is 2.23. The highest BCUT2D eigenvalue weighted by molar-refractivity contribution is 9.10. The highest BCUT2D eigenvalue weighted by atomic mass is 79.9. The predicted molar refractivity (Wildman–Crippen MR) is 90.5 cm³/mol. The molecule has 0 radical (unpaired) electrons. The third kappa shape index (κ3) is 3.89. The average molecular weight is 362 g/mol. The number of rotatable bonds is 4. The van der Waals surface area contributed by atoms with Crippen molar-refractivity contribution >= 4 is 50.1 Å². The Balaban J connectivity index is 2.00. The molecular formula is C14H18BrClN2S. The summed E-state index contributed by atoms with van der Waals surface area (Å²) in [4.78, 5) is 4.60. The maximum atomic E-state index is 6.02. The van der Waals surface area contributed by atoms with Gasteiger partial charge in [0.25, 0.3) is 0 Å². The first-order valence-electron chi connectivity index (χ1n) is 6.57. The topological polar surface area (TPSA) is 24.4 Å². The molecule has 19 heavy (non-hydrogen) atoms. The lowest BCUT2D eigenvalue weighted by Crippen LogP contribution is -2.17. The van der Waals surface area contributed by atoms with Crippen LogP contribution >= 0.6 is 39.3 Å². The highest BCUT2D eigenvalue weighted by Gasteiger charge is 2.26. The number of benzene rings is 1. The Morgan fingerprint density at radius 3 is 2.89 bits per heavy atom. The summed E-state index contributed by atoms with van der Waals surface area (Å²) in [6, 6.07) is 5.73. The number of halogens is 2. The SMILES string of the molecule is CCC(CC)C1CN=C(Nc2cc(Cl)ccc2Br)S1. The average Bonchev–Trinajstić information content (AvgIpc) is 2.84. The van der Waals surface area contributed by atoms with Crippen molar-refractivity contribution in [2.24, 2.45) is 10.9 Å². The van der Waals surface area contributed by atoms with E-state index in [-0.39, 0.29) is 0 Å². The van der Waals surface area contributed by atoms with Gasteiger partial charge in [0.15, 0.2) is 5.17 Å². The molecule has 1 N–H and O–H groups in total. The van der Waals surface area contributed by atoms with Crippen LogP contribution < -0.4 is 5.32 Å². The molecular weight excluding hydrogens is 344 g/mol. The minimum Gasteiger partial charge on any atom is -0.334 e. The normalized spacial score (nSPS) is 18.8. The zero-order valence-corrected chi connectivity index (χ0v) is 14.3. The minimum absolute atomic E-state index is 0.607. The van der Waals surface area contributed by atoms with Crippen LogP contribution in [0.3, 0.4) is 0 Å². The minimum atomic E-state index is 0.607. The van der Waals surface area contributed by atoms with Gasteiger partial charge in [-0.2, -0.15) is 0 Å². The van der Waals surface area contributed by atoms with Crippen molar-refractivity contribution < 1.29 is 0 Å². The Morgan fingerprint density at radius 2 is 2.21 bits per heavy atom. The molecule has 0 fully saturated rings. The standard InChI is InChI=1S/C14H18BrClN2S/c1-3-9(4-2)13-8-17-14(19-13)18-12-7-10(16)5-6-11(12)15/h5-7,9,13H,3-4,8H2,1-2H3,(H,17,18). The van der Waals surface area contributed by atoms with Crippen LogP contribution in [0.1, 0.15) is 26.7 Å². The van der Waals surface area contributed by atoms with Crippen molar-refractivity contribution in [3.05, 3.63) is 27.7 Å². The largest absolute Gasteiger partial charge is 0.334 e.